The Labute approximate surface area is 102 Å². The predicted molar refractivity (Wildman–Crippen MR) is 60.9 cm³/mol. The van der Waals surface area contributed by atoms with Gasteiger partial charge in [-0.25, -0.2) is 9.78 Å². The molecule has 0 spiro atoms. The highest BCUT2D eigenvalue weighted by Gasteiger charge is 2.30. The fraction of sp³-hybridized carbons (Fsp3) is 0.300. The van der Waals surface area contributed by atoms with Crippen LogP contribution in [0.3, 0.4) is 0 Å². The summed E-state index contributed by atoms with van der Waals surface area (Å²) in [6, 6.07) is 2.76. The lowest BCUT2D eigenvalue weighted by molar-refractivity contribution is -0.384. The first-order valence-electron chi connectivity index (χ1n) is 4.84. The van der Waals surface area contributed by atoms with Crippen LogP contribution in [0.4, 0.5) is 11.5 Å². The minimum Gasteiger partial charge on any atom is -0.480 e. The van der Waals surface area contributed by atoms with Gasteiger partial charge >= 0.3 is 11.7 Å². The van der Waals surface area contributed by atoms with Crippen molar-refractivity contribution in [2.75, 3.05) is 5.32 Å². The van der Waals surface area contributed by atoms with Crippen LogP contribution in [0.2, 0.25) is 0 Å². The smallest absolute Gasteiger partial charge is 0.328 e. The molecule has 1 aromatic rings. The Balaban J connectivity index is 3.22. The molecule has 8 heteroatoms. The monoisotopic (exact) mass is 250 g/mol. The standard InChI is InChI=1S/C10H10N4O4/c1-10(2,9(15)16)13-8-7(14(17)18)3-6(4-11)5-12-8/h3,5H,1-2H3,(H,12,13)(H,15,16). The molecule has 0 atom stereocenters. The summed E-state index contributed by atoms with van der Waals surface area (Å²) in [6.07, 6.45) is 1.13. The molecule has 0 amide bonds. The summed E-state index contributed by atoms with van der Waals surface area (Å²) in [7, 11) is 0. The van der Waals surface area contributed by atoms with Crippen molar-refractivity contribution in [2.45, 2.75) is 19.4 Å². The Kier molecular flexibility index (Phi) is 3.47. The maximum atomic E-state index is 10.9. The first-order valence-corrected chi connectivity index (χ1v) is 4.84. The van der Waals surface area contributed by atoms with Crippen LogP contribution in [0.1, 0.15) is 19.4 Å². The Morgan fingerprint density at radius 2 is 2.28 bits per heavy atom. The lowest BCUT2D eigenvalue weighted by atomic mass is 10.1. The second kappa shape index (κ2) is 4.67. The molecule has 0 unspecified atom stereocenters. The highest BCUT2D eigenvalue weighted by molar-refractivity contribution is 5.82. The fourth-order valence-electron chi connectivity index (χ4n) is 1.10. The van der Waals surface area contributed by atoms with Gasteiger partial charge in [-0.1, -0.05) is 0 Å². The molecular formula is C10H10N4O4. The van der Waals surface area contributed by atoms with Crippen LogP contribution in [-0.4, -0.2) is 26.5 Å². The molecule has 0 fully saturated rings. The minimum atomic E-state index is -1.41. The van der Waals surface area contributed by atoms with Crippen LogP contribution in [0, 0.1) is 21.4 Å². The third-order valence-corrected chi connectivity index (χ3v) is 2.16. The number of rotatable bonds is 4. The highest BCUT2D eigenvalue weighted by atomic mass is 16.6. The van der Waals surface area contributed by atoms with Gasteiger partial charge in [0.05, 0.1) is 10.5 Å². The van der Waals surface area contributed by atoms with Gasteiger partial charge in [0.15, 0.2) is 0 Å². The van der Waals surface area contributed by atoms with Crippen LogP contribution in [-0.2, 0) is 4.79 Å². The molecule has 8 nitrogen and oxygen atoms in total. The predicted octanol–water partition coefficient (Wildman–Crippen LogP) is 1.14. The molecule has 0 saturated heterocycles. The largest absolute Gasteiger partial charge is 0.480 e. The number of nitrogens with one attached hydrogen (secondary N) is 1. The van der Waals surface area contributed by atoms with Crippen molar-refractivity contribution in [3.63, 3.8) is 0 Å². The zero-order valence-electron chi connectivity index (χ0n) is 9.67. The molecule has 0 aliphatic carbocycles. The summed E-state index contributed by atoms with van der Waals surface area (Å²) in [6.45, 7) is 2.69. The molecule has 0 aromatic carbocycles. The van der Waals surface area contributed by atoms with E-state index >= 15 is 0 Å². The lowest BCUT2D eigenvalue weighted by Gasteiger charge is -2.21. The topological polar surface area (TPSA) is 129 Å². The molecule has 94 valence electrons. The number of carboxylic acid groups (broad SMARTS) is 1. The van der Waals surface area contributed by atoms with Gasteiger partial charge in [-0.05, 0) is 13.8 Å². The second-order valence-electron chi connectivity index (χ2n) is 4.02. The third-order valence-electron chi connectivity index (χ3n) is 2.16. The molecule has 0 saturated carbocycles. The van der Waals surface area contributed by atoms with E-state index in [9.17, 15) is 14.9 Å². The van der Waals surface area contributed by atoms with Crippen molar-refractivity contribution in [3.8, 4) is 6.07 Å². The van der Waals surface area contributed by atoms with E-state index in [0.717, 1.165) is 12.3 Å². The molecule has 1 rings (SSSR count). The van der Waals surface area contributed by atoms with Crippen LogP contribution < -0.4 is 5.32 Å². The first-order chi connectivity index (χ1) is 8.27. The number of carbonyl (C=O) groups is 1. The van der Waals surface area contributed by atoms with Gasteiger partial charge in [0.25, 0.3) is 0 Å². The quantitative estimate of drug-likeness (QED) is 0.605. The second-order valence-corrected chi connectivity index (χ2v) is 4.02. The Hall–Kier alpha value is -2.69. The van der Waals surface area contributed by atoms with E-state index in [1.54, 1.807) is 6.07 Å². The van der Waals surface area contributed by atoms with Crippen molar-refractivity contribution in [1.29, 1.82) is 5.26 Å². The number of anilines is 1. The Morgan fingerprint density at radius 1 is 1.67 bits per heavy atom. The number of aliphatic carboxylic acids is 1. The number of nitriles is 1. The average Bonchev–Trinajstić information content (AvgIpc) is 2.28. The fourth-order valence-corrected chi connectivity index (χ4v) is 1.10. The Bertz CT molecular complexity index is 547. The third kappa shape index (κ3) is 2.70. The van der Waals surface area contributed by atoms with Crippen LogP contribution in [0.25, 0.3) is 0 Å². The van der Waals surface area contributed by atoms with Gasteiger partial charge in [0, 0.05) is 12.3 Å². The number of carboxylic acids is 1. The maximum absolute atomic E-state index is 10.9. The van der Waals surface area contributed by atoms with Crippen molar-refractivity contribution in [3.05, 3.63) is 27.9 Å². The van der Waals surface area contributed by atoms with Crippen molar-refractivity contribution < 1.29 is 14.8 Å². The van der Waals surface area contributed by atoms with E-state index < -0.39 is 22.1 Å². The van der Waals surface area contributed by atoms with E-state index in [2.05, 4.69) is 10.3 Å². The summed E-state index contributed by atoms with van der Waals surface area (Å²) in [5.41, 5.74) is -1.82. The summed E-state index contributed by atoms with van der Waals surface area (Å²) in [5.74, 6) is -1.37. The van der Waals surface area contributed by atoms with E-state index in [4.69, 9.17) is 10.4 Å². The van der Waals surface area contributed by atoms with E-state index in [-0.39, 0.29) is 11.4 Å². The average molecular weight is 250 g/mol. The summed E-state index contributed by atoms with van der Waals surface area (Å²) in [4.78, 5) is 24.7. The molecule has 0 bridgehead atoms. The summed E-state index contributed by atoms with van der Waals surface area (Å²) < 4.78 is 0. The maximum Gasteiger partial charge on any atom is 0.328 e. The van der Waals surface area contributed by atoms with Crippen LogP contribution >= 0.6 is 0 Å². The number of nitro groups is 1. The van der Waals surface area contributed by atoms with Crippen LogP contribution in [0.5, 0.6) is 0 Å². The lowest BCUT2D eigenvalue weighted by Crippen LogP contribution is -2.40. The normalized spacial score (nSPS) is 10.5. The minimum absolute atomic E-state index is 0.0281. The number of nitrogens with zero attached hydrogens (tertiary/aromatic N) is 3. The molecule has 1 heterocycles. The zero-order valence-corrected chi connectivity index (χ0v) is 9.67. The number of aromatic nitrogens is 1. The summed E-state index contributed by atoms with van der Waals surface area (Å²) >= 11 is 0. The number of pyridine rings is 1. The number of hydrogen-bond donors (Lipinski definition) is 2. The SMILES string of the molecule is CC(C)(Nc1ncc(C#N)cc1[N+](=O)[O-])C(=O)O. The van der Waals surface area contributed by atoms with Gasteiger partial charge in [-0.2, -0.15) is 5.26 Å². The molecule has 1 aromatic heterocycles. The molecule has 0 aliphatic heterocycles. The molecule has 0 aliphatic rings. The molecule has 2 N–H and O–H groups in total. The molecule has 18 heavy (non-hydrogen) atoms. The van der Waals surface area contributed by atoms with E-state index in [1.807, 2.05) is 0 Å². The van der Waals surface area contributed by atoms with Crippen molar-refractivity contribution >= 4 is 17.5 Å². The van der Waals surface area contributed by atoms with Gasteiger partial charge in [-0.3, -0.25) is 10.1 Å². The van der Waals surface area contributed by atoms with Gasteiger partial charge in [-0.15, -0.1) is 0 Å². The molecule has 0 radical (unpaired) electrons. The molecular weight excluding hydrogens is 240 g/mol. The zero-order chi connectivity index (χ0) is 13.9. The van der Waals surface area contributed by atoms with Crippen LogP contribution in [0.15, 0.2) is 12.3 Å². The first kappa shape index (κ1) is 13.4. The number of hydrogen-bond acceptors (Lipinski definition) is 6. The van der Waals surface area contributed by atoms with Crippen molar-refractivity contribution in [1.82, 2.24) is 4.98 Å². The van der Waals surface area contributed by atoms with Gasteiger partial charge in [0.2, 0.25) is 5.82 Å². The highest BCUT2D eigenvalue weighted by Crippen LogP contribution is 2.25. The Morgan fingerprint density at radius 3 is 2.72 bits per heavy atom. The summed E-state index contributed by atoms with van der Waals surface area (Å²) in [5, 5.41) is 30.8. The van der Waals surface area contributed by atoms with Crippen molar-refractivity contribution in [2.24, 2.45) is 0 Å². The van der Waals surface area contributed by atoms with Gasteiger partial charge < -0.3 is 10.4 Å². The van der Waals surface area contributed by atoms with E-state index in [1.165, 1.54) is 13.8 Å². The van der Waals surface area contributed by atoms with Gasteiger partial charge in [0.1, 0.15) is 11.6 Å². The van der Waals surface area contributed by atoms with E-state index in [0.29, 0.717) is 0 Å².